The molecule has 0 bridgehead atoms. The van der Waals surface area contributed by atoms with Gasteiger partial charge in [0.15, 0.2) is 0 Å². The highest BCUT2D eigenvalue weighted by Gasteiger charge is 2.18. The molecule has 6 heteroatoms. The Morgan fingerprint density at radius 2 is 2.06 bits per heavy atom. The predicted molar refractivity (Wildman–Crippen MR) is 74.6 cm³/mol. The molecule has 0 saturated carbocycles. The van der Waals surface area contributed by atoms with Gasteiger partial charge in [0.1, 0.15) is 5.82 Å². The van der Waals surface area contributed by atoms with Crippen LogP contribution in [-0.2, 0) is 0 Å². The maximum atomic E-state index is 13.3. The second-order valence-electron chi connectivity index (χ2n) is 3.16. The van der Waals surface area contributed by atoms with Gasteiger partial charge in [-0.2, -0.15) is 0 Å². The van der Waals surface area contributed by atoms with Crippen LogP contribution < -0.4 is 0 Å². The molecule has 17 heavy (non-hydrogen) atoms. The van der Waals surface area contributed by atoms with Crippen molar-refractivity contribution in [1.29, 1.82) is 0 Å². The highest BCUT2D eigenvalue weighted by atomic mass is 79.9. The number of carbonyl (C=O) groups excluding carboxylic acids is 1. The third-order valence-corrected chi connectivity index (χ3v) is 5.34. The fraction of sp³-hybridized carbons (Fsp3) is 0. The van der Waals surface area contributed by atoms with Crippen LogP contribution >= 0.6 is 54.8 Å². The first-order valence-electron chi connectivity index (χ1n) is 4.44. The lowest BCUT2D eigenvalue weighted by Crippen LogP contribution is -2.00. The summed E-state index contributed by atoms with van der Waals surface area (Å²) < 4.78 is 14.2. The molecule has 0 amide bonds. The van der Waals surface area contributed by atoms with Gasteiger partial charge in [-0.05, 0) is 50.1 Å². The van der Waals surface area contributed by atoms with Crippen LogP contribution in [0.1, 0.15) is 15.2 Å². The maximum Gasteiger partial charge on any atom is 0.204 e. The monoisotopic (exact) mass is 396 g/mol. The molecular weight excluding hydrogens is 394 g/mol. The van der Waals surface area contributed by atoms with E-state index in [0.717, 1.165) is 0 Å². The van der Waals surface area contributed by atoms with Gasteiger partial charge < -0.3 is 0 Å². The van der Waals surface area contributed by atoms with Crippen LogP contribution in [0, 0.1) is 5.82 Å². The van der Waals surface area contributed by atoms with Crippen LogP contribution in [0.4, 0.5) is 4.39 Å². The van der Waals surface area contributed by atoms with Crippen molar-refractivity contribution >= 4 is 60.6 Å². The number of hydrogen-bond acceptors (Lipinski definition) is 2. The lowest BCUT2D eigenvalue weighted by molar-refractivity contribution is 0.104. The zero-order valence-corrected chi connectivity index (χ0v) is 12.9. The molecule has 0 radical (unpaired) electrons. The van der Waals surface area contributed by atoms with Crippen molar-refractivity contribution in [2.45, 2.75) is 0 Å². The van der Waals surface area contributed by atoms with E-state index in [0.29, 0.717) is 13.7 Å². The Balaban J connectivity index is 2.47. The van der Waals surface area contributed by atoms with Gasteiger partial charge in [-0.25, -0.2) is 4.39 Å². The van der Waals surface area contributed by atoms with Crippen molar-refractivity contribution in [3.05, 3.63) is 53.8 Å². The normalized spacial score (nSPS) is 10.6. The Bertz CT molecular complexity index is 578. The number of benzene rings is 1. The second kappa shape index (κ2) is 5.18. The first-order valence-corrected chi connectivity index (χ1v) is 7.22. The first-order chi connectivity index (χ1) is 8.00. The molecule has 1 nitrogen and oxygen atoms in total. The van der Waals surface area contributed by atoms with E-state index in [2.05, 4.69) is 31.9 Å². The molecule has 0 spiro atoms. The van der Waals surface area contributed by atoms with E-state index in [1.54, 1.807) is 12.1 Å². The van der Waals surface area contributed by atoms with Gasteiger partial charge in [-0.3, -0.25) is 4.79 Å². The highest BCUT2D eigenvalue weighted by molar-refractivity contribution is 9.11. The van der Waals surface area contributed by atoms with E-state index in [4.69, 9.17) is 11.6 Å². The zero-order chi connectivity index (χ0) is 12.6. The fourth-order valence-corrected chi connectivity index (χ4v) is 3.37. The van der Waals surface area contributed by atoms with E-state index >= 15 is 0 Å². The molecule has 2 rings (SSSR count). The molecule has 0 aliphatic carbocycles. The smallest absolute Gasteiger partial charge is 0.204 e. The number of rotatable bonds is 2. The van der Waals surface area contributed by atoms with E-state index in [1.807, 2.05) is 0 Å². The molecule has 1 heterocycles. The minimum absolute atomic E-state index is 0.172. The Labute approximate surface area is 123 Å². The predicted octanol–water partition coefficient (Wildman–Crippen LogP) is 5.30. The number of carbonyl (C=O) groups is 1. The summed E-state index contributed by atoms with van der Waals surface area (Å²) in [6, 6.07) is 5.92. The summed E-state index contributed by atoms with van der Waals surface area (Å²) in [5.74, 6) is -0.716. The topological polar surface area (TPSA) is 17.1 Å². The summed E-state index contributed by atoms with van der Waals surface area (Å²) in [6.07, 6.45) is 0. The molecule has 1 aromatic carbocycles. The van der Waals surface area contributed by atoms with Gasteiger partial charge in [-0.1, -0.05) is 17.7 Å². The third kappa shape index (κ3) is 2.62. The van der Waals surface area contributed by atoms with Crippen LogP contribution in [0.15, 0.2) is 32.5 Å². The van der Waals surface area contributed by atoms with Gasteiger partial charge in [0.2, 0.25) is 5.78 Å². The van der Waals surface area contributed by atoms with Crippen LogP contribution in [0.2, 0.25) is 5.02 Å². The molecule has 0 atom stereocenters. The Hall–Kier alpha value is -0.230. The largest absolute Gasteiger partial charge is 0.288 e. The SMILES string of the molecule is O=C(c1cc(Cl)c(Br)s1)c1cccc(F)c1Br. The average molecular weight is 398 g/mol. The van der Waals surface area contributed by atoms with Gasteiger partial charge in [0.25, 0.3) is 0 Å². The van der Waals surface area contributed by atoms with Gasteiger partial charge in [-0.15, -0.1) is 11.3 Å². The number of hydrogen-bond donors (Lipinski definition) is 0. The molecule has 0 unspecified atom stereocenters. The van der Waals surface area contributed by atoms with E-state index in [-0.39, 0.29) is 15.8 Å². The molecule has 0 fully saturated rings. The first kappa shape index (κ1) is 13.2. The minimum Gasteiger partial charge on any atom is -0.288 e. The molecule has 88 valence electrons. The zero-order valence-electron chi connectivity index (χ0n) is 8.14. The highest BCUT2D eigenvalue weighted by Crippen LogP contribution is 2.34. The van der Waals surface area contributed by atoms with Crippen molar-refractivity contribution in [1.82, 2.24) is 0 Å². The number of halogens is 4. The van der Waals surface area contributed by atoms with E-state index < -0.39 is 5.82 Å². The Kier molecular flexibility index (Phi) is 4.02. The van der Waals surface area contributed by atoms with Crippen LogP contribution in [0.5, 0.6) is 0 Å². The third-order valence-electron chi connectivity index (χ3n) is 2.07. The average Bonchev–Trinajstić information content (AvgIpc) is 2.62. The van der Waals surface area contributed by atoms with Crippen molar-refractivity contribution in [2.75, 3.05) is 0 Å². The molecule has 2 aromatic rings. The van der Waals surface area contributed by atoms with Crippen LogP contribution in [-0.4, -0.2) is 5.78 Å². The quantitative estimate of drug-likeness (QED) is 0.628. The number of ketones is 1. The number of thiophene rings is 1. The summed E-state index contributed by atoms with van der Waals surface area (Å²) in [7, 11) is 0. The van der Waals surface area contributed by atoms with Crippen LogP contribution in [0.25, 0.3) is 0 Å². The van der Waals surface area contributed by atoms with Gasteiger partial charge in [0, 0.05) is 5.56 Å². The van der Waals surface area contributed by atoms with Crippen molar-refractivity contribution in [2.24, 2.45) is 0 Å². The lowest BCUT2D eigenvalue weighted by atomic mass is 10.1. The van der Waals surface area contributed by atoms with Crippen LogP contribution in [0.3, 0.4) is 0 Å². The molecule has 0 saturated heterocycles. The molecule has 1 aromatic heterocycles. The minimum atomic E-state index is -0.461. The standard InChI is InChI=1S/C11H4Br2ClFOS/c12-9-5(2-1-3-7(9)15)10(16)8-4-6(14)11(13)17-8/h1-4H. The van der Waals surface area contributed by atoms with E-state index in [9.17, 15) is 9.18 Å². The fourth-order valence-electron chi connectivity index (χ4n) is 1.27. The van der Waals surface area contributed by atoms with Gasteiger partial charge in [0.05, 0.1) is 18.2 Å². The molecule has 0 aliphatic rings. The van der Waals surface area contributed by atoms with E-state index in [1.165, 1.54) is 23.5 Å². The summed E-state index contributed by atoms with van der Waals surface area (Å²) in [5.41, 5.74) is 0.287. The maximum absolute atomic E-state index is 13.3. The Morgan fingerprint density at radius 3 is 2.65 bits per heavy atom. The van der Waals surface area contributed by atoms with Crippen molar-refractivity contribution in [3.8, 4) is 0 Å². The summed E-state index contributed by atoms with van der Waals surface area (Å²) in [4.78, 5) is 12.6. The molecular formula is C11H4Br2ClFOS. The van der Waals surface area contributed by atoms with Gasteiger partial charge >= 0.3 is 0 Å². The summed E-state index contributed by atoms with van der Waals surface area (Å²) in [5, 5.41) is 0.478. The lowest BCUT2D eigenvalue weighted by Gasteiger charge is -2.02. The molecule has 0 aliphatic heterocycles. The van der Waals surface area contributed by atoms with Crippen molar-refractivity contribution < 1.29 is 9.18 Å². The summed E-state index contributed by atoms with van der Waals surface area (Å²) in [6.45, 7) is 0. The Morgan fingerprint density at radius 1 is 1.35 bits per heavy atom. The van der Waals surface area contributed by atoms with Crippen molar-refractivity contribution in [3.63, 3.8) is 0 Å². The summed E-state index contributed by atoms with van der Waals surface area (Å²) >= 11 is 13.4. The second-order valence-corrected chi connectivity index (χ2v) is 6.73. The molecule has 0 N–H and O–H groups in total.